The Morgan fingerprint density at radius 3 is 2.76 bits per heavy atom. The Kier molecular flexibility index (Phi) is 3.59. The third-order valence-corrected chi connectivity index (χ3v) is 5.30. The minimum absolute atomic E-state index is 0.285. The summed E-state index contributed by atoms with van der Waals surface area (Å²) in [4.78, 5) is 0. The van der Waals surface area contributed by atoms with E-state index in [1.54, 1.807) is 0 Å². The summed E-state index contributed by atoms with van der Waals surface area (Å²) in [5, 5.41) is 8.02. The van der Waals surface area contributed by atoms with Crippen molar-refractivity contribution < 1.29 is 9.47 Å². The number of halogens is 1. The Hall–Kier alpha value is -1.13. The first-order valence-electron chi connectivity index (χ1n) is 7.90. The van der Waals surface area contributed by atoms with Crippen molar-refractivity contribution in [1.82, 2.24) is 5.32 Å². The van der Waals surface area contributed by atoms with Crippen molar-refractivity contribution in [2.24, 2.45) is 5.92 Å². The van der Waals surface area contributed by atoms with Crippen LogP contribution in [0.4, 0.5) is 5.69 Å². The molecule has 2 N–H and O–H groups in total. The van der Waals surface area contributed by atoms with Crippen molar-refractivity contribution in [2.75, 3.05) is 18.7 Å². The highest BCUT2D eigenvalue weighted by atomic mass is 35.5. The van der Waals surface area contributed by atoms with Gasteiger partial charge < -0.3 is 20.1 Å². The molecule has 0 aromatic heterocycles. The number of ether oxygens (including phenoxy) is 2. The first kappa shape index (κ1) is 13.5. The smallest absolute Gasteiger partial charge is 0.231 e. The van der Waals surface area contributed by atoms with E-state index in [2.05, 4.69) is 10.6 Å². The second-order valence-electron chi connectivity index (χ2n) is 6.23. The van der Waals surface area contributed by atoms with Gasteiger partial charge in [0.1, 0.15) is 0 Å². The summed E-state index contributed by atoms with van der Waals surface area (Å²) < 4.78 is 10.8. The fraction of sp³-hybridized carbons (Fsp3) is 0.625. The first-order valence-corrected chi connectivity index (χ1v) is 8.28. The molecule has 21 heavy (non-hydrogen) atoms. The van der Waals surface area contributed by atoms with Crippen LogP contribution in [-0.4, -0.2) is 25.4 Å². The van der Waals surface area contributed by atoms with Crippen LogP contribution in [0.1, 0.15) is 32.1 Å². The van der Waals surface area contributed by atoms with Gasteiger partial charge in [0, 0.05) is 24.2 Å². The third-order valence-electron chi connectivity index (χ3n) is 4.99. The average molecular weight is 309 g/mol. The highest BCUT2D eigenvalue weighted by Crippen LogP contribution is 2.41. The molecule has 0 spiro atoms. The maximum atomic E-state index is 6.38. The van der Waals surface area contributed by atoms with E-state index < -0.39 is 0 Å². The van der Waals surface area contributed by atoms with Gasteiger partial charge in [-0.15, -0.1) is 0 Å². The van der Waals surface area contributed by atoms with Crippen molar-refractivity contribution in [2.45, 2.75) is 44.2 Å². The zero-order valence-electron chi connectivity index (χ0n) is 12.0. The van der Waals surface area contributed by atoms with E-state index >= 15 is 0 Å². The molecule has 2 aliphatic heterocycles. The molecule has 3 aliphatic rings. The van der Waals surface area contributed by atoms with Gasteiger partial charge in [-0.25, -0.2) is 0 Å². The molecule has 0 amide bonds. The molecule has 2 heterocycles. The fourth-order valence-corrected chi connectivity index (χ4v) is 4.16. The standard InChI is InChI=1S/C16H21ClN2O2/c17-11-7-15-16(21-9-20-15)8-14(11)19-13-4-1-3-10(13)12-5-2-6-18-12/h7-8,10,12-13,18-19H,1-6,9H2. The summed E-state index contributed by atoms with van der Waals surface area (Å²) in [6.07, 6.45) is 6.42. The second kappa shape index (κ2) is 5.58. The Morgan fingerprint density at radius 1 is 1.10 bits per heavy atom. The van der Waals surface area contributed by atoms with Crippen molar-refractivity contribution >= 4 is 17.3 Å². The molecule has 3 atom stereocenters. The highest BCUT2D eigenvalue weighted by molar-refractivity contribution is 6.33. The number of hydrogen-bond acceptors (Lipinski definition) is 4. The molecule has 1 aromatic rings. The zero-order chi connectivity index (χ0) is 14.2. The lowest BCUT2D eigenvalue weighted by molar-refractivity contribution is 0.174. The minimum atomic E-state index is 0.285. The summed E-state index contributed by atoms with van der Waals surface area (Å²) >= 11 is 6.38. The molecule has 2 fully saturated rings. The molecule has 1 aliphatic carbocycles. The lowest BCUT2D eigenvalue weighted by Gasteiger charge is -2.27. The molecule has 3 unspecified atom stereocenters. The highest BCUT2D eigenvalue weighted by Gasteiger charge is 2.35. The van der Waals surface area contributed by atoms with Gasteiger partial charge in [0.25, 0.3) is 0 Å². The van der Waals surface area contributed by atoms with E-state index in [1.165, 1.54) is 38.6 Å². The summed E-state index contributed by atoms with van der Waals surface area (Å²) in [7, 11) is 0. The molecule has 5 heteroatoms. The van der Waals surface area contributed by atoms with Crippen molar-refractivity contribution in [3.63, 3.8) is 0 Å². The van der Waals surface area contributed by atoms with E-state index in [-0.39, 0.29) is 6.79 Å². The van der Waals surface area contributed by atoms with Crippen LogP contribution in [0.2, 0.25) is 5.02 Å². The Bertz CT molecular complexity index is 531. The van der Waals surface area contributed by atoms with Crippen LogP contribution < -0.4 is 20.1 Å². The van der Waals surface area contributed by atoms with Crippen LogP contribution in [-0.2, 0) is 0 Å². The van der Waals surface area contributed by atoms with E-state index in [0.29, 0.717) is 23.0 Å². The van der Waals surface area contributed by atoms with Gasteiger partial charge in [-0.05, 0) is 38.1 Å². The monoisotopic (exact) mass is 308 g/mol. The van der Waals surface area contributed by atoms with Crippen LogP contribution in [0.3, 0.4) is 0 Å². The minimum Gasteiger partial charge on any atom is -0.454 e. The van der Waals surface area contributed by atoms with Crippen molar-refractivity contribution in [3.05, 3.63) is 17.2 Å². The van der Waals surface area contributed by atoms with Gasteiger partial charge >= 0.3 is 0 Å². The normalized spacial score (nSPS) is 30.8. The molecule has 1 aromatic carbocycles. The number of fused-ring (bicyclic) bond motifs is 1. The molecular weight excluding hydrogens is 288 g/mol. The number of hydrogen-bond donors (Lipinski definition) is 2. The second-order valence-corrected chi connectivity index (χ2v) is 6.64. The van der Waals surface area contributed by atoms with Gasteiger partial charge in [0.15, 0.2) is 11.5 Å². The van der Waals surface area contributed by atoms with Crippen molar-refractivity contribution in [3.8, 4) is 11.5 Å². The SMILES string of the molecule is Clc1cc2c(cc1NC1CCCC1C1CCCN1)OCO2. The average Bonchev–Trinajstić information content (AvgIpc) is 3.18. The molecule has 1 saturated carbocycles. The fourth-order valence-electron chi connectivity index (χ4n) is 3.95. The van der Waals surface area contributed by atoms with Crippen LogP contribution >= 0.6 is 11.6 Å². The molecular formula is C16H21ClN2O2. The number of benzene rings is 1. The quantitative estimate of drug-likeness (QED) is 0.898. The summed E-state index contributed by atoms with van der Waals surface area (Å²) in [6.45, 7) is 1.45. The van der Waals surface area contributed by atoms with Gasteiger partial charge in [0.2, 0.25) is 6.79 Å². The zero-order valence-corrected chi connectivity index (χ0v) is 12.8. The Labute approximate surface area is 130 Å². The molecule has 1 saturated heterocycles. The lowest BCUT2D eigenvalue weighted by Crippen LogP contribution is -2.38. The number of anilines is 1. The molecule has 0 bridgehead atoms. The van der Waals surface area contributed by atoms with Crippen LogP contribution in [0.5, 0.6) is 11.5 Å². The Balaban J connectivity index is 1.52. The molecule has 4 rings (SSSR count). The summed E-state index contributed by atoms with van der Waals surface area (Å²) in [5.74, 6) is 2.23. The summed E-state index contributed by atoms with van der Waals surface area (Å²) in [5.41, 5.74) is 0.968. The molecule has 0 radical (unpaired) electrons. The first-order chi connectivity index (χ1) is 10.3. The van der Waals surface area contributed by atoms with Gasteiger partial charge in [0.05, 0.1) is 10.7 Å². The van der Waals surface area contributed by atoms with Gasteiger partial charge in [-0.2, -0.15) is 0 Å². The van der Waals surface area contributed by atoms with Gasteiger partial charge in [-0.3, -0.25) is 0 Å². The maximum absolute atomic E-state index is 6.38. The lowest BCUT2D eigenvalue weighted by atomic mass is 9.93. The number of nitrogens with one attached hydrogen (secondary N) is 2. The largest absolute Gasteiger partial charge is 0.454 e. The van der Waals surface area contributed by atoms with Crippen LogP contribution in [0.25, 0.3) is 0 Å². The van der Waals surface area contributed by atoms with E-state index in [4.69, 9.17) is 21.1 Å². The topological polar surface area (TPSA) is 42.5 Å². The predicted molar refractivity (Wildman–Crippen MR) is 83.4 cm³/mol. The predicted octanol–water partition coefficient (Wildman–Crippen LogP) is 3.40. The van der Waals surface area contributed by atoms with Gasteiger partial charge in [-0.1, -0.05) is 18.0 Å². The summed E-state index contributed by atoms with van der Waals surface area (Å²) in [6, 6.07) is 4.99. The maximum Gasteiger partial charge on any atom is 0.231 e. The van der Waals surface area contributed by atoms with E-state index in [9.17, 15) is 0 Å². The number of rotatable bonds is 3. The van der Waals surface area contributed by atoms with Crippen LogP contribution in [0.15, 0.2) is 12.1 Å². The molecule has 114 valence electrons. The van der Waals surface area contributed by atoms with Crippen LogP contribution in [0, 0.1) is 5.92 Å². The Morgan fingerprint density at radius 2 is 1.95 bits per heavy atom. The third kappa shape index (κ3) is 2.55. The van der Waals surface area contributed by atoms with E-state index in [0.717, 1.165) is 17.2 Å². The van der Waals surface area contributed by atoms with Crippen molar-refractivity contribution in [1.29, 1.82) is 0 Å². The molecule has 4 nitrogen and oxygen atoms in total. The van der Waals surface area contributed by atoms with E-state index in [1.807, 2.05) is 12.1 Å².